The molecule has 0 radical (unpaired) electrons. The lowest BCUT2D eigenvalue weighted by Gasteiger charge is -2.20. The maximum Gasteiger partial charge on any atom is 0.0169 e. The molecule has 0 aromatic heterocycles. The second-order valence-corrected chi connectivity index (χ2v) is 7.95. The zero-order valence-electron chi connectivity index (χ0n) is 22.6. The van der Waals surface area contributed by atoms with Crippen LogP contribution < -0.4 is 0 Å². The number of hydrogen-bond donors (Lipinski definition) is 0. The minimum atomic E-state index is 1.11. The molecule has 0 saturated carbocycles. The number of rotatable bonds is 7. The van der Waals surface area contributed by atoms with Crippen molar-refractivity contribution in [3.8, 4) is 0 Å². The highest BCUT2D eigenvalue weighted by Crippen LogP contribution is 2.21. The van der Waals surface area contributed by atoms with Gasteiger partial charge in [0.05, 0.1) is 0 Å². The van der Waals surface area contributed by atoms with Crippen molar-refractivity contribution >= 4 is 11.1 Å². The van der Waals surface area contributed by atoms with Crippen molar-refractivity contribution in [1.82, 2.24) is 4.90 Å². The molecule has 0 N–H and O–H groups in total. The summed E-state index contributed by atoms with van der Waals surface area (Å²) in [5.74, 6) is 0. The van der Waals surface area contributed by atoms with Crippen molar-refractivity contribution in [2.75, 3.05) is 13.6 Å². The average molecular weight is 416 g/mol. The van der Waals surface area contributed by atoms with Crippen molar-refractivity contribution in [2.24, 2.45) is 0 Å². The summed E-state index contributed by atoms with van der Waals surface area (Å²) < 4.78 is 0. The van der Waals surface area contributed by atoms with E-state index in [1.807, 2.05) is 27.7 Å². The Balaban J connectivity index is -0.000000381. The zero-order chi connectivity index (χ0) is 24.3. The summed E-state index contributed by atoms with van der Waals surface area (Å²) in [5, 5.41) is 0. The van der Waals surface area contributed by atoms with Crippen LogP contribution in [0.5, 0.6) is 0 Å². The molecule has 30 heavy (non-hydrogen) atoms. The van der Waals surface area contributed by atoms with Crippen molar-refractivity contribution in [3.05, 3.63) is 59.3 Å². The quantitative estimate of drug-likeness (QED) is 0.428. The minimum Gasteiger partial charge on any atom is -0.378 e. The highest BCUT2D eigenvalue weighted by Gasteiger charge is 2.00. The van der Waals surface area contributed by atoms with Crippen LogP contribution in [0.2, 0.25) is 0 Å². The Kier molecular flexibility index (Phi) is 22.5. The van der Waals surface area contributed by atoms with Gasteiger partial charge in [0.15, 0.2) is 0 Å². The second-order valence-electron chi connectivity index (χ2n) is 7.95. The fraction of sp³-hybridized carbons (Fsp3) is 0.586. The number of hydrogen-bond acceptors (Lipinski definition) is 1. The molecule has 1 rings (SSSR count). The van der Waals surface area contributed by atoms with Crippen LogP contribution in [-0.4, -0.2) is 18.5 Å². The van der Waals surface area contributed by atoms with Gasteiger partial charge in [0.1, 0.15) is 0 Å². The Labute approximate surface area is 191 Å². The lowest BCUT2D eigenvalue weighted by molar-refractivity contribution is 0.413. The summed E-state index contributed by atoms with van der Waals surface area (Å²) >= 11 is 0. The number of nitrogens with zero attached hydrogens (tertiary/aromatic N) is 1. The molecule has 0 aliphatic carbocycles. The van der Waals surface area contributed by atoms with Crippen molar-refractivity contribution < 1.29 is 0 Å². The lowest BCUT2D eigenvalue weighted by Crippen LogP contribution is -2.17. The maximum absolute atomic E-state index is 3.94. The minimum absolute atomic E-state index is 1.11. The van der Waals surface area contributed by atoms with Gasteiger partial charge in [-0.3, -0.25) is 0 Å². The first-order valence-corrected chi connectivity index (χ1v) is 11.8. The number of aryl methyl sites for hydroxylation is 1. The molecule has 174 valence electrons. The van der Waals surface area contributed by atoms with E-state index in [0.29, 0.717) is 0 Å². The summed E-state index contributed by atoms with van der Waals surface area (Å²) in [5.41, 5.74) is 8.76. The van der Waals surface area contributed by atoms with Gasteiger partial charge in [-0.15, -0.1) is 0 Å². The number of allylic oxidation sites excluding steroid dienone is 4. The zero-order valence-corrected chi connectivity index (χ0v) is 22.6. The molecule has 0 amide bonds. The fourth-order valence-corrected chi connectivity index (χ4v) is 2.65. The highest BCUT2D eigenvalue weighted by atomic mass is 15.1. The molecule has 0 aliphatic rings. The van der Waals surface area contributed by atoms with Gasteiger partial charge >= 0.3 is 0 Å². The Morgan fingerprint density at radius 3 is 1.60 bits per heavy atom. The van der Waals surface area contributed by atoms with Crippen LogP contribution in [0.3, 0.4) is 0 Å². The van der Waals surface area contributed by atoms with E-state index in [4.69, 9.17) is 0 Å². The van der Waals surface area contributed by atoms with Crippen LogP contribution in [0.15, 0.2) is 42.6 Å². The van der Waals surface area contributed by atoms with Gasteiger partial charge < -0.3 is 4.90 Å². The predicted molar refractivity (Wildman–Crippen MR) is 144 cm³/mol. The Morgan fingerprint density at radius 1 is 0.833 bits per heavy atom. The topological polar surface area (TPSA) is 3.24 Å². The van der Waals surface area contributed by atoms with Crippen LogP contribution >= 0.6 is 0 Å². The SMILES string of the molecule is C=C(C)c1ccc(C(=C)C)c(C)c1.CC.CCCCC.CCCN(C)C(C)=C(C)C. The number of benzene rings is 1. The standard InChI is InChI=1S/C13H16.C9H19N.C5H12.C2H6/c1-9(2)12-6-7-13(10(3)4)11(5)8-12;1-6-7-10(5)9(4)8(2)3;1-3-5-4-2;1-2/h6-8H,1,3H2,2,4-5H3;6-7H2,1-5H3;3-5H2,1-2H3;1-2H3. The van der Waals surface area contributed by atoms with E-state index in [9.17, 15) is 0 Å². The first-order chi connectivity index (χ1) is 14.0. The first kappa shape index (κ1) is 32.9. The highest BCUT2D eigenvalue weighted by molar-refractivity contribution is 5.69. The van der Waals surface area contributed by atoms with Crippen LogP contribution in [-0.2, 0) is 0 Å². The average Bonchev–Trinajstić information content (AvgIpc) is 2.70. The van der Waals surface area contributed by atoms with E-state index >= 15 is 0 Å². The van der Waals surface area contributed by atoms with Gasteiger partial charge in [0.25, 0.3) is 0 Å². The largest absolute Gasteiger partial charge is 0.378 e. The van der Waals surface area contributed by atoms with Gasteiger partial charge in [0, 0.05) is 19.3 Å². The van der Waals surface area contributed by atoms with Crippen LogP contribution in [0.25, 0.3) is 11.1 Å². The molecule has 0 saturated heterocycles. The number of unbranched alkanes of at least 4 members (excludes halogenated alkanes) is 2. The summed E-state index contributed by atoms with van der Waals surface area (Å²) in [6.07, 6.45) is 5.30. The normalized spacial score (nSPS) is 8.93. The third kappa shape index (κ3) is 16.1. The third-order valence-corrected chi connectivity index (χ3v) is 4.74. The van der Waals surface area contributed by atoms with E-state index in [1.54, 1.807) is 0 Å². The van der Waals surface area contributed by atoms with E-state index < -0.39 is 0 Å². The van der Waals surface area contributed by atoms with E-state index in [0.717, 1.165) is 17.7 Å². The Hall–Kier alpha value is -1.76. The lowest BCUT2D eigenvalue weighted by atomic mass is 9.98. The van der Waals surface area contributed by atoms with Crippen molar-refractivity contribution in [3.63, 3.8) is 0 Å². The molecule has 0 fully saturated rings. The molecular formula is C29H53N. The molecule has 0 bridgehead atoms. The van der Waals surface area contributed by atoms with Gasteiger partial charge in [0.2, 0.25) is 0 Å². The molecule has 1 nitrogen and oxygen atoms in total. The van der Waals surface area contributed by atoms with Gasteiger partial charge in [-0.2, -0.15) is 0 Å². The monoisotopic (exact) mass is 415 g/mol. The van der Waals surface area contributed by atoms with E-state index in [2.05, 4.69) is 91.8 Å². The summed E-state index contributed by atoms with van der Waals surface area (Å²) in [6, 6.07) is 6.37. The Bertz CT molecular complexity index is 613. The summed E-state index contributed by atoms with van der Waals surface area (Å²) in [4.78, 5) is 2.30. The summed E-state index contributed by atoms with van der Waals surface area (Å²) in [6.45, 7) is 32.3. The molecule has 0 atom stereocenters. The fourth-order valence-electron chi connectivity index (χ4n) is 2.65. The van der Waals surface area contributed by atoms with Crippen LogP contribution in [0, 0.1) is 6.92 Å². The molecule has 0 unspecified atom stereocenters. The molecule has 1 aromatic carbocycles. The maximum atomic E-state index is 3.94. The second kappa shape index (κ2) is 20.5. The predicted octanol–water partition coefficient (Wildman–Crippen LogP) is 9.93. The van der Waals surface area contributed by atoms with Gasteiger partial charge in [-0.25, -0.2) is 0 Å². The first-order valence-electron chi connectivity index (χ1n) is 11.8. The van der Waals surface area contributed by atoms with E-state index in [1.165, 1.54) is 53.6 Å². The molecule has 0 heterocycles. The van der Waals surface area contributed by atoms with Crippen molar-refractivity contribution in [1.29, 1.82) is 0 Å². The smallest absolute Gasteiger partial charge is 0.0169 e. The molecule has 1 heteroatoms. The molecule has 0 aliphatic heterocycles. The van der Waals surface area contributed by atoms with Crippen LogP contribution in [0.4, 0.5) is 0 Å². The summed E-state index contributed by atoms with van der Waals surface area (Å²) in [7, 11) is 2.14. The molecule has 1 aromatic rings. The third-order valence-electron chi connectivity index (χ3n) is 4.74. The van der Waals surface area contributed by atoms with Crippen molar-refractivity contribution in [2.45, 2.75) is 102 Å². The molecular weight excluding hydrogens is 362 g/mol. The van der Waals surface area contributed by atoms with Crippen LogP contribution in [0.1, 0.15) is 112 Å². The van der Waals surface area contributed by atoms with Gasteiger partial charge in [-0.1, -0.05) is 102 Å². The Morgan fingerprint density at radius 2 is 1.33 bits per heavy atom. The van der Waals surface area contributed by atoms with Gasteiger partial charge in [-0.05, 0) is 64.7 Å². The van der Waals surface area contributed by atoms with E-state index in [-0.39, 0.29) is 0 Å². The molecule has 0 spiro atoms.